The molecule has 1 heterocycles. The fourth-order valence-corrected chi connectivity index (χ4v) is 5.31. The number of rotatable bonds is 8. The van der Waals surface area contributed by atoms with Gasteiger partial charge in [-0.1, -0.05) is 27.2 Å². The minimum absolute atomic E-state index is 0.383. The summed E-state index contributed by atoms with van der Waals surface area (Å²) < 4.78 is 28.0. The summed E-state index contributed by atoms with van der Waals surface area (Å²) in [4.78, 5) is 2.31. The summed E-state index contributed by atoms with van der Waals surface area (Å²) in [5.41, 5.74) is -0.418. The van der Waals surface area contributed by atoms with Gasteiger partial charge in [0.15, 0.2) is 0 Å². The van der Waals surface area contributed by atoms with Gasteiger partial charge in [-0.3, -0.25) is 0 Å². The molecule has 0 spiro atoms. The first-order valence-corrected chi connectivity index (χ1v) is 9.74. The van der Waals surface area contributed by atoms with Crippen molar-refractivity contribution >= 4 is 21.4 Å². The van der Waals surface area contributed by atoms with Gasteiger partial charge in [0, 0.05) is 27.9 Å². The Morgan fingerprint density at radius 1 is 1.33 bits per heavy atom. The van der Waals surface area contributed by atoms with E-state index in [-0.39, 0.29) is 0 Å². The highest BCUT2D eigenvalue weighted by molar-refractivity contribution is 7.89. The van der Waals surface area contributed by atoms with Crippen molar-refractivity contribution in [2.75, 3.05) is 0 Å². The molecule has 122 valence electrons. The van der Waals surface area contributed by atoms with Crippen LogP contribution in [-0.2, 0) is 16.6 Å². The third-order valence-corrected chi connectivity index (χ3v) is 6.19. The molecule has 21 heavy (non-hydrogen) atoms. The number of hydrogen-bond donors (Lipinski definition) is 2. The van der Waals surface area contributed by atoms with E-state index in [0.717, 1.165) is 22.6 Å². The second-order valence-electron chi connectivity index (χ2n) is 6.41. The maximum Gasteiger partial charge on any atom is 0.242 e. The quantitative estimate of drug-likeness (QED) is 0.767. The van der Waals surface area contributed by atoms with Crippen LogP contribution in [0.5, 0.6) is 0 Å². The molecule has 0 atom stereocenters. The number of hydrogen-bond acceptors (Lipinski definition) is 4. The van der Waals surface area contributed by atoms with Crippen molar-refractivity contribution in [3.05, 3.63) is 15.8 Å². The Hall–Kier alpha value is -0.430. The Morgan fingerprint density at radius 2 is 1.95 bits per heavy atom. The molecule has 1 aromatic heterocycles. The van der Waals surface area contributed by atoms with E-state index in [4.69, 9.17) is 0 Å². The van der Waals surface area contributed by atoms with Crippen LogP contribution >= 0.6 is 11.3 Å². The van der Waals surface area contributed by atoms with E-state index in [1.54, 1.807) is 17.4 Å². The van der Waals surface area contributed by atoms with E-state index in [0.29, 0.717) is 17.5 Å². The average molecular weight is 333 g/mol. The highest BCUT2D eigenvalue weighted by Crippen LogP contribution is 2.27. The van der Waals surface area contributed by atoms with E-state index >= 15 is 0 Å². The molecule has 2 N–H and O–H groups in total. The van der Waals surface area contributed by atoms with Crippen LogP contribution in [0.2, 0.25) is 0 Å². The molecule has 1 aromatic rings. The van der Waals surface area contributed by atoms with Crippen molar-refractivity contribution in [3.8, 4) is 0 Å². The zero-order chi connectivity index (χ0) is 16.3. The molecule has 0 amide bonds. The topological polar surface area (TPSA) is 58.2 Å². The first-order valence-electron chi connectivity index (χ1n) is 7.44. The van der Waals surface area contributed by atoms with Gasteiger partial charge in [-0.05, 0) is 33.3 Å². The molecule has 0 radical (unpaired) electrons. The standard InChI is InChI=1S/C15H28N2O2S2/c1-7-8-15(5,6)17-21(18,19)14-9-13(20-12(14)4)10-16-11(2)3/h9,11,16-17H,7-8,10H2,1-6H3. The first-order chi connectivity index (χ1) is 9.57. The lowest BCUT2D eigenvalue weighted by molar-refractivity contribution is 0.417. The van der Waals surface area contributed by atoms with Gasteiger partial charge in [0.1, 0.15) is 0 Å². The minimum Gasteiger partial charge on any atom is -0.310 e. The van der Waals surface area contributed by atoms with Crippen molar-refractivity contribution in [1.82, 2.24) is 10.0 Å². The number of nitrogens with one attached hydrogen (secondary N) is 2. The second-order valence-corrected chi connectivity index (χ2v) is 9.40. The molecule has 0 aliphatic heterocycles. The van der Waals surface area contributed by atoms with Crippen LogP contribution < -0.4 is 10.0 Å². The molecule has 0 fully saturated rings. The lowest BCUT2D eigenvalue weighted by Crippen LogP contribution is -2.43. The summed E-state index contributed by atoms with van der Waals surface area (Å²) in [6.45, 7) is 12.6. The summed E-state index contributed by atoms with van der Waals surface area (Å²) >= 11 is 1.54. The van der Waals surface area contributed by atoms with Crippen LogP contribution in [0.25, 0.3) is 0 Å². The van der Waals surface area contributed by atoms with E-state index in [1.807, 2.05) is 20.8 Å². The van der Waals surface area contributed by atoms with E-state index in [2.05, 4.69) is 30.8 Å². The maximum absolute atomic E-state index is 12.6. The van der Waals surface area contributed by atoms with Gasteiger partial charge in [-0.2, -0.15) is 0 Å². The lowest BCUT2D eigenvalue weighted by Gasteiger charge is -2.25. The molecule has 4 nitrogen and oxygen atoms in total. The average Bonchev–Trinajstić information content (AvgIpc) is 2.67. The van der Waals surface area contributed by atoms with Crippen molar-refractivity contribution in [2.24, 2.45) is 0 Å². The smallest absolute Gasteiger partial charge is 0.242 e. The van der Waals surface area contributed by atoms with Crippen LogP contribution in [0.4, 0.5) is 0 Å². The Morgan fingerprint density at radius 3 is 2.48 bits per heavy atom. The Bertz CT molecular complexity index is 560. The Kier molecular flexibility index (Phi) is 6.40. The van der Waals surface area contributed by atoms with Gasteiger partial charge < -0.3 is 5.32 Å². The normalized spacial score (nSPS) is 13.1. The largest absolute Gasteiger partial charge is 0.310 e. The molecule has 1 rings (SSSR count). The summed E-state index contributed by atoms with van der Waals surface area (Å²) in [5, 5.41) is 3.32. The molecule has 6 heteroatoms. The Labute approximate surface area is 133 Å². The van der Waals surface area contributed by atoms with Gasteiger partial charge in [-0.25, -0.2) is 13.1 Å². The molecule has 0 aliphatic carbocycles. The third-order valence-electron chi connectivity index (χ3n) is 3.18. The molecule has 0 saturated carbocycles. The van der Waals surface area contributed by atoms with Crippen LogP contribution in [0.15, 0.2) is 11.0 Å². The highest BCUT2D eigenvalue weighted by Gasteiger charge is 2.27. The molecule has 0 saturated heterocycles. The zero-order valence-electron chi connectivity index (χ0n) is 13.9. The zero-order valence-corrected chi connectivity index (χ0v) is 15.5. The Balaban J connectivity index is 2.93. The fourth-order valence-electron chi connectivity index (χ4n) is 2.28. The molecule has 0 aromatic carbocycles. The molecule has 0 unspecified atom stereocenters. The second kappa shape index (κ2) is 7.22. The van der Waals surface area contributed by atoms with Gasteiger partial charge in [-0.15, -0.1) is 11.3 Å². The fraction of sp³-hybridized carbons (Fsp3) is 0.733. The van der Waals surface area contributed by atoms with E-state index in [9.17, 15) is 8.42 Å². The summed E-state index contributed by atoms with van der Waals surface area (Å²) in [5.74, 6) is 0. The summed E-state index contributed by atoms with van der Waals surface area (Å²) in [6, 6.07) is 2.17. The predicted molar refractivity (Wildman–Crippen MR) is 90.3 cm³/mol. The van der Waals surface area contributed by atoms with E-state index < -0.39 is 15.6 Å². The molecular formula is C15H28N2O2S2. The maximum atomic E-state index is 12.6. The first kappa shape index (κ1) is 18.6. The van der Waals surface area contributed by atoms with Crippen molar-refractivity contribution in [3.63, 3.8) is 0 Å². The van der Waals surface area contributed by atoms with Crippen molar-refractivity contribution < 1.29 is 8.42 Å². The molecular weight excluding hydrogens is 304 g/mol. The number of aryl methyl sites for hydroxylation is 1. The van der Waals surface area contributed by atoms with Crippen LogP contribution in [-0.4, -0.2) is 20.0 Å². The van der Waals surface area contributed by atoms with Gasteiger partial charge >= 0.3 is 0 Å². The van der Waals surface area contributed by atoms with Crippen LogP contribution in [0, 0.1) is 6.92 Å². The van der Waals surface area contributed by atoms with Gasteiger partial charge in [0.2, 0.25) is 10.0 Å². The molecule has 0 aliphatic rings. The summed E-state index contributed by atoms with van der Waals surface area (Å²) in [6.07, 6.45) is 1.76. The SMILES string of the molecule is CCCC(C)(C)NS(=O)(=O)c1cc(CNC(C)C)sc1C. The number of sulfonamides is 1. The monoisotopic (exact) mass is 332 g/mol. The van der Waals surface area contributed by atoms with E-state index in [1.165, 1.54) is 0 Å². The van der Waals surface area contributed by atoms with Gasteiger partial charge in [0.25, 0.3) is 0 Å². The lowest BCUT2D eigenvalue weighted by atomic mass is 10.0. The van der Waals surface area contributed by atoms with Gasteiger partial charge in [0.05, 0.1) is 4.90 Å². The predicted octanol–water partition coefficient (Wildman–Crippen LogP) is 3.41. The third kappa shape index (κ3) is 5.70. The molecule has 0 bridgehead atoms. The van der Waals surface area contributed by atoms with Crippen LogP contribution in [0.1, 0.15) is 57.2 Å². The highest BCUT2D eigenvalue weighted by atomic mass is 32.2. The van der Waals surface area contributed by atoms with Crippen LogP contribution in [0.3, 0.4) is 0 Å². The van der Waals surface area contributed by atoms with Crippen molar-refractivity contribution in [2.45, 2.75) is 77.4 Å². The summed E-state index contributed by atoms with van der Waals surface area (Å²) in [7, 11) is -3.46. The number of thiophene rings is 1. The minimum atomic E-state index is -3.46. The van der Waals surface area contributed by atoms with Crippen molar-refractivity contribution in [1.29, 1.82) is 0 Å².